The molecule has 7 rings (SSSR count). The van der Waals surface area contributed by atoms with Crippen molar-refractivity contribution in [3.8, 4) is 22.6 Å². The Morgan fingerprint density at radius 1 is 0.739 bits per heavy atom. The number of rotatable bonds is 6. The van der Waals surface area contributed by atoms with Crippen LogP contribution in [0.15, 0.2) is 103 Å². The Labute approximate surface area is 268 Å². The van der Waals surface area contributed by atoms with E-state index in [1.165, 1.54) is 0 Å². The molecule has 2 aliphatic rings. The predicted octanol–water partition coefficient (Wildman–Crippen LogP) is 5.74. The number of aromatic nitrogens is 2. The second kappa shape index (κ2) is 12.4. The van der Waals surface area contributed by atoms with Gasteiger partial charge in [-0.3, -0.25) is 14.6 Å². The Balaban J connectivity index is 1.15. The first kappa shape index (κ1) is 29.2. The average Bonchev–Trinajstić information content (AvgIpc) is 3.43. The normalized spacial score (nSPS) is 14.3. The standard InChI is InChI=1S/C37H35N5O4/c1-45-31-8-5-7-26(22-31)32-12-10-27(23-35(32)46-2)36(43)42-25-30-11-13-34(41(30)24-28-6-3-4-9-33(28)42)37(44)40-20-18-39(19-21-40)29-14-16-38-17-15-29/h3-17,22-23H,18-21,24-25H2,1-2H3. The smallest absolute Gasteiger partial charge is 0.270 e. The van der Waals surface area contributed by atoms with Gasteiger partial charge < -0.3 is 28.7 Å². The van der Waals surface area contributed by atoms with Gasteiger partial charge in [-0.25, -0.2) is 0 Å². The highest BCUT2D eigenvalue weighted by molar-refractivity contribution is 6.07. The number of fused-ring (bicyclic) bond motifs is 2. The quantitative estimate of drug-likeness (QED) is 0.243. The number of benzene rings is 3. The zero-order valence-corrected chi connectivity index (χ0v) is 25.9. The average molecular weight is 614 g/mol. The van der Waals surface area contributed by atoms with Crippen molar-refractivity contribution in [2.75, 3.05) is 50.2 Å². The van der Waals surface area contributed by atoms with Crippen LogP contribution < -0.4 is 19.3 Å². The van der Waals surface area contributed by atoms with Gasteiger partial charge in [-0.15, -0.1) is 0 Å². The van der Waals surface area contributed by atoms with Crippen LogP contribution in [0, 0.1) is 0 Å². The van der Waals surface area contributed by atoms with Gasteiger partial charge in [-0.2, -0.15) is 0 Å². The van der Waals surface area contributed by atoms with Gasteiger partial charge >= 0.3 is 0 Å². The van der Waals surface area contributed by atoms with Crippen LogP contribution in [0.25, 0.3) is 11.1 Å². The summed E-state index contributed by atoms with van der Waals surface area (Å²) < 4.78 is 13.2. The highest BCUT2D eigenvalue weighted by Gasteiger charge is 2.30. The fourth-order valence-electron chi connectivity index (χ4n) is 6.42. The third kappa shape index (κ3) is 5.45. The van der Waals surface area contributed by atoms with Crippen molar-refractivity contribution in [2.45, 2.75) is 13.1 Å². The summed E-state index contributed by atoms with van der Waals surface area (Å²) in [5.41, 5.74) is 6.79. The molecule has 46 heavy (non-hydrogen) atoms. The number of carbonyl (C=O) groups is 2. The van der Waals surface area contributed by atoms with Gasteiger partial charge in [0.05, 0.1) is 27.3 Å². The van der Waals surface area contributed by atoms with E-state index in [1.54, 1.807) is 37.6 Å². The molecular weight excluding hydrogens is 578 g/mol. The lowest BCUT2D eigenvalue weighted by Gasteiger charge is -2.36. The number of carbonyl (C=O) groups excluding carboxylic acids is 2. The third-order valence-electron chi connectivity index (χ3n) is 8.89. The molecule has 0 bridgehead atoms. The molecule has 0 radical (unpaired) electrons. The number of pyridine rings is 1. The van der Waals surface area contributed by atoms with E-state index in [1.807, 2.05) is 89.8 Å². The number of nitrogens with zero attached hydrogens (tertiary/aromatic N) is 5. The van der Waals surface area contributed by atoms with Gasteiger partial charge in [0.15, 0.2) is 0 Å². The number of hydrogen-bond acceptors (Lipinski definition) is 6. The molecule has 0 unspecified atom stereocenters. The fraction of sp³-hybridized carbons (Fsp3) is 0.216. The molecule has 5 aromatic rings. The lowest BCUT2D eigenvalue weighted by atomic mass is 10.0. The molecule has 9 heteroatoms. The molecule has 0 aliphatic carbocycles. The molecule has 2 aliphatic heterocycles. The summed E-state index contributed by atoms with van der Waals surface area (Å²) in [6, 6.07) is 29.1. The number of para-hydroxylation sites is 1. The van der Waals surface area contributed by atoms with Crippen LogP contribution in [0.5, 0.6) is 11.5 Å². The second-order valence-electron chi connectivity index (χ2n) is 11.4. The Kier molecular flexibility index (Phi) is 7.88. The van der Waals surface area contributed by atoms with Crippen LogP contribution in [0.3, 0.4) is 0 Å². The number of piperazine rings is 1. The minimum atomic E-state index is -0.141. The molecule has 4 heterocycles. The Hall–Kier alpha value is -5.57. The van der Waals surface area contributed by atoms with Crippen molar-refractivity contribution in [3.63, 3.8) is 0 Å². The molecule has 0 spiro atoms. The van der Waals surface area contributed by atoms with Crippen molar-refractivity contribution < 1.29 is 19.1 Å². The van der Waals surface area contributed by atoms with Gasteiger partial charge in [0.1, 0.15) is 17.2 Å². The molecule has 3 aromatic carbocycles. The first-order valence-electron chi connectivity index (χ1n) is 15.4. The first-order valence-corrected chi connectivity index (χ1v) is 15.4. The van der Waals surface area contributed by atoms with E-state index in [0.29, 0.717) is 43.2 Å². The van der Waals surface area contributed by atoms with Crippen molar-refractivity contribution in [2.24, 2.45) is 0 Å². The summed E-state index contributed by atoms with van der Waals surface area (Å²) in [5.74, 6) is 1.21. The maximum Gasteiger partial charge on any atom is 0.270 e. The Morgan fingerprint density at radius 3 is 2.33 bits per heavy atom. The van der Waals surface area contributed by atoms with E-state index in [0.717, 1.165) is 52.6 Å². The number of amides is 2. The van der Waals surface area contributed by atoms with Gasteiger partial charge in [0.2, 0.25) is 0 Å². The van der Waals surface area contributed by atoms with Crippen LogP contribution in [-0.4, -0.2) is 66.7 Å². The van der Waals surface area contributed by atoms with Gasteiger partial charge in [-0.05, 0) is 71.8 Å². The van der Waals surface area contributed by atoms with Gasteiger partial charge in [0, 0.05) is 66.8 Å². The van der Waals surface area contributed by atoms with Crippen molar-refractivity contribution >= 4 is 23.2 Å². The predicted molar refractivity (Wildman–Crippen MR) is 178 cm³/mol. The molecule has 9 nitrogen and oxygen atoms in total. The van der Waals surface area contributed by atoms with Gasteiger partial charge in [0.25, 0.3) is 11.8 Å². The zero-order chi connectivity index (χ0) is 31.6. The van der Waals surface area contributed by atoms with E-state index < -0.39 is 0 Å². The van der Waals surface area contributed by atoms with E-state index in [2.05, 4.69) is 14.5 Å². The largest absolute Gasteiger partial charge is 0.497 e. The summed E-state index contributed by atoms with van der Waals surface area (Å²) in [7, 11) is 3.25. The fourth-order valence-corrected chi connectivity index (χ4v) is 6.42. The summed E-state index contributed by atoms with van der Waals surface area (Å²) in [6.07, 6.45) is 3.59. The van der Waals surface area contributed by atoms with E-state index in [4.69, 9.17) is 9.47 Å². The topological polar surface area (TPSA) is 80.1 Å². The summed E-state index contributed by atoms with van der Waals surface area (Å²) in [5, 5.41) is 0. The molecule has 1 saturated heterocycles. The second-order valence-corrected chi connectivity index (χ2v) is 11.4. The van der Waals surface area contributed by atoms with E-state index in [-0.39, 0.29) is 11.8 Å². The molecule has 2 amide bonds. The summed E-state index contributed by atoms with van der Waals surface area (Å²) in [4.78, 5) is 38.2. The number of anilines is 2. The van der Waals surface area contributed by atoms with Crippen LogP contribution in [0.4, 0.5) is 11.4 Å². The monoisotopic (exact) mass is 613 g/mol. The maximum absolute atomic E-state index is 14.2. The SMILES string of the molecule is COc1cccc(-c2ccc(C(=O)N3Cc4ccc(C(=O)N5CCN(c6ccncc6)CC5)n4Cc4ccccc43)cc2OC)c1. The van der Waals surface area contributed by atoms with Crippen LogP contribution in [0.2, 0.25) is 0 Å². The van der Waals surface area contributed by atoms with Crippen LogP contribution in [0.1, 0.15) is 32.1 Å². The third-order valence-corrected chi connectivity index (χ3v) is 8.89. The van der Waals surface area contributed by atoms with Crippen molar-refractivity contribution in [1.82, 2.24) is 14.5 Å². The molecule has 1 fully saturated rings. The van der Waals surface area contributed by atoms with E-state index >= 15 is 0 Å². The molecular formula is C37H35N5O4. The number of ether oxygens (including phenoxy) is 2. The Morgan fingerprint density at radius 2 is 1.54 bits per heavy atom. The molecule has 0 atom stereocenters. The van der Waals surface area contributed by atoms with Crippen molar-refractivity contribution in [1.29, 1.82) is 0 Å². The number of methoxy groups -OCH3 is 2. The zero-order valence-electron chi connectivity index (χ0n) is 25.9. The Bertz CT molecular complexity index is 1900. The molecule has 232 valence electrons. The highest BCUT2D eigenvalue weighted by atomic mass is 16.5. The van der Waals surface area contributed by atoms with Crippen LogP contribution in [-0.2, 0) is 13.1 Å². The first-order chi connectivity index (χ1) is 22.5. The summed E-state index contributed by atoms with van der Waals surface area (Å²) in [6.45, 7) is 3.62. The number of hydrogen-bond donors (Lipinski definition) is 0. The van der Waals surface area contributed by atoms with Crippen LogP contribution >= 0.6 is 0 Å². The molecule has 0 saturated carbocycles. The minimum absolute atomic E-state index is 0.00996. The van der Waals surface area contributed by atoms with E-state index in [9.17, 15) is 9.59 Å². The molecule has 0 N–H and O–H groups in total. The minimum Gasteiger partial charge on any atom is -0.497 e. The summed E-state index contributed by atoms with van der Waals surface area (Å²) >= 11 is 0. The lowest BCUT2D eigenvalue weighted by Crippen LogP contribution is -2.49. The highest BCUT2D eigenvalue weighted by Crippen LogP contribution is 2.35. The van der Waals surface area contributed by atoms with Crippen molar-refractivity contribution in [3.05, 3.63) is 126 Å². The molecule has 2 aromatic heterocycles. The van der Waals surface area contributed by atoms with Gasteiger partial charge in [-0.1, -0.05) is 30.3 Å². The maximum atomic E-state index is 14.2. The lowest BCUT2D eigenvalue weighted by molar-refractivity contribution is 0.0736.